The quantitative estimate of drug-likeness (QED) is 0.634. The van der Waals surface area contributed by atoms with Gasteiger partial charge in [-0.1, -0.05) is 6.07 Å². The number of amides is 1. The van der Waals surface area contributed by atoms with Gasteiger partial charge in [-0.3, -0.25) is 9.59 Å². The third-order valence-electron chi connectivity index (χ3n) is 4.54. The first-order valence-electron chi connectivity index (χ1n) is 8.21. The Hall–Kier alpha value is -2.82. The van der Waals surface area contributed by atoms with Gasteiger partial charge in [0.25, 0.3) is 0 Å². The first-order valence-corrected chi connectivity index (χ1v) is 8.21. The van der Waals surface area contributed by atoms with Crippen molar-refractivity contribution in [3.63, 3.8) is 0 Å². The number of anilines is 1. The molecule has 3 rings (SSSR count). The number of carbonyl (C=O) groups is 2. The fourth-order valence-electron chi connectivity index (χ4n) is 2.85. The van der Waals surface area contributed by atoms with Crippen molar-refractivity contribution in [3.05, 3.63) is 53.6 Å². The third kappa shape index (κ3) is 3.65. The maximum absolute atomic E-state index is 12.4. The minimum atomic E-state index is -0.462. The summed E-state index contributed by atoms with van der Waals surface area (Å²) < 4.78 is 10.6. The number of aryl methyl sites for hydroxylation is 2. The van der Waals surface area contributed by atoms with Gasteiger partial charge >= 0.3 is 5.97 Å². The second kappa shape index (κ2) is 6.97. The largest absolute Gasteiger partial charge is 0.497 e. The molecule has 0 spiro atoms. The van der Waals surface area contributed by atoms with Gasteiger partial charge in [-0.15, -0.1) is 0 Å². The first kappa shape index (κ1) is 17.0. The van der Waals surface area contributed by atoms with Gasteiger partial charge in [0.1, 0.15) is 11.5 Å². The Bertz CT molecular complexity index is 798. The van der Waals surface area contributed by atoms with Gasteiger partial charge in [-0.05, 0) is 61.4 Å². The molecule has 1 saturated heterocycles. The Morgan fingerprint density at radius 3 is 2.36 bits per heavy atom. The number of carbonyl (C=O) groups excluding carboxylic acids is 2. The van der Waals surface area contributed by atoms with Crippen molar-refractivity contribution in [1.82, 2.24) is 0 Å². The minimum Gasteiger partial charge on any atom is -0.497 e. The second-order valence-electron chi connectivity index (χ2n) is 6.27. The van der Waals surface area contributed by atoms with E-state index in [1.54, 1.807) is 30.2 Å². The number of hydrogen-bond acceptors (Lipinski definition) is 4. The summed E-state index contributed by atoms with van der Waals surface area (Å²) in [5, 5.41) is 0. The van der Waals surface area contributed by atoms with Gasteiger partial charge in [0, 0.05) is 18.7 Å². The summed E-state index contributed by atoms with van der Waals surface area (Å²) >= 11 is 0. The maximum Gasteiger partial charge on any atom is 0.316 e. The zero-order chi connectivity index (χ0) is 18.0. The number of hydrogen-bond donors (Lipinski definition) is 0. The molecule has 0 aromatic heterocycles. The summed E-state index contributed by atoms with van der Waals surface area (Å²) in [5.74, 6) is 0.334. The maximum atomic E-state index is 12.4. The fraction of sp³-hybridized carbons (Fsp3) is 0.300. The molecule has 0 aliphatic carbocycles. The Kier molecular flexibility index (Phi) is 4.74. The molecule has 1 aliphatic heterocycles. The van der Waals surface area contributed by atoms with Crippen LogP contribution in [0.15, 0.2) is 42.5 Å². The molecular weight excluding hydrogens is 318 g/mol. The van der Waals surface area contributed by atoms with Crippen molar-refractivity contribution >= 4 is 17.6 Å². The zero-order valence-corrected chi connectivity index (χ0v) is 14.6. The van der Waals surface area contributed by atoms with E-state index in [-0.39, 0.29) is 18.3 Å². The number of nitrogens with zero attached hydrogens (tertiary/aromatic N) is 1. The Morgan fingerprint density at radius 2 is 1.72 bits per heavy atom. The fourth-order valence-corrected chi connectivity index (χ4v) is 2.85. The summed E-state index contributed by atoms with van der Waals surface area (Å²) in [6.07, 6.45) is 0.162. The topological polar surface area (TPSA) is 55.8 Å². The van der Waals surface area contributed by atoms with E-state index in [2.05, 4.69) is 0 Å². The van der Waals surface area contributed by atoms with Crippen molar-refractivity contribution < 1.29 is 19.1 Å². The highest BCUT2D eigenvalue weighted by Gasteiger charge is 2.36. The van der Waals surface area contributed by atoms with Crippen LogP contribution >= 0.6 is 0 Å². The van der Waals surface area contributed by atoms with E-state index in [4.69, 9.17) is 9.47 Å². The lowest BCUT2D eigenvalue weighted by atomic mass is 10.1. The minimum absolute atomic E-state index is 0.0767. The van der Waals surface area contributed by atoms with Gasteiger partial charge in [0.2, 0.25) is 5.91 Å². The van der Waals surface area contributed by atoms with E-state index in [1.807, 2.05) is 38.1 Å². The lowest BCUT2D eigenvalue weighted by Crippen LogP contribution is -2.27. The molecule has 130 valence electrons. The van der Waals surface area contributed by atoms with E-state index >= 15 is 0 Å². The summed E-state index contributed by atoms with van der Waals surface area (Å²) in [5.41, 5.74) is 2.96. The van der Waals surface area contributed by atoms with Crippen molar-refractivity contribution in [2.75, 3.05) is 18.6 Å². The number of benzene rings is 2. The number of methoxy groups -OCH3 is 1. The molecule has 0 saturated carbocycles. The Balaban J connectivity index is 1.68. The Labute approximate surface area is 147 Å². The smallest absolute Gasteiger partial charge is 0.316 e. The van der Waals surface area contributed by atoms with Crippen molar-refractivity contribution in [3.8, 4) is 11.5 Å². The molecule has 1 fully saturated rings. The van der Waals surface area contributed by atoms with Crippen LogP contribution in [0.25, 0.3) is 0 Å². The number of ether oxygens (including phenoxy) is 2. The molecule has 0 radical (unpaired) electrons. The second-order valence-corrected chi connectivity index (χ2v) is 6.27. The van der Waals surface area contributed by atoms with E-state index in [0.29, 0.717) is 12.3 Å². The predicted molar refractivity (Wildman–Crippen MR) is 95.0 cm³/mol. The lowest BCUT2D eigenvalue weighted by Gasteiger charge is -2.17. The molecule has 1 atom stereocenters. The molecule has 1 aliphatic rings. The molecule has 2 aromatic rings. The van der Waals surface area contributed by atoms with Gasteiger partial charge in [0.15, 0.2) is 0 Å². The number of esters is 1. The molecule has 5 nitrogen and oxygen atoms in total. The molecule has 25 heavy (non-hydrogen) atoms. The average molecular weight is 339 g/mol. The highest BCUT2D eigenvalue weighted by atomic mass is 16.5. The van der Waals surface area contributed by atoms with Crippen LogP contribution in [0, 0.1) is 19.8 Å². The van der Waals surface area contributed by atoms with Crippen LogP contribution in [0.5, 0.6) is 11.5 Å². The van der Waals surface area contributed by atoms with Gasteiger partial charge in [0.05, 0.1) is 13.0 Å². The molecule has 5 heteroatoms. The van der Waals surface area contributed by atoms with E-state index in [9.17, 15) is 9.59 Å². The van der Waals surface area contributed by atoms with Gasteiger partial charge < -0.3 is 14.4 Å². The summed E-state index contributed by atoms with van der Waals surface area (Å²) in [6, 6.07) is 12.7. The summed E-state index contributed by atoms with van der Waals surface area (Å²) in [4.78, 5) is 26.3. The van der Waals surface area contributed by atoms with Gasteiger partial charge in [-0.25, -0.2) is 0 Å². The van der Waals surface area contributed by atoms with Crippen molar-refractivity contribution in [1.29, 1.82) is 0 Å². The third-order valence-corrected chi connectivity index (χ3v) is 4.54. The highest BCUT2D eigenvalue weighted by Crippen LogP contribution is 2.28. The van der Waals surface area contributed by atoms with Crippen molar-refractivity contribution in [2.45, 2.75) is 20.3 Å². The van der Waals surface area contributed by atoms with Crippen LogP contribution in [-0.4, -0.2) is 25.5 Å². The van der Waals surface area contributed by atoms with Crippen LogP contribution < -0.4 is 14.4 Å². The van der Waals surface area contributed by atoms with Crippen LogP contribution in [0.1, 0.15) is 17.5 Å². The van der Waals surface area contributed by atoms with Crippen LogP contribution in [-0.2, 0) is 9.59 Å². The summed E-state index contributed by atoms with van der Waals surface area (Å²) in [7, 11) is 1.59. The molecule has 0 N–H and O–H groups in total. The Morgan fingerprint density at radius 1 is 1.04 bits per heavy atom. The van der Waals surface area contributed by atoms with E-state index in [0.717, 1.165) is 22.6 Å². The van der Waals surface area contributed by atoms with Crippen LogP contribution in [0.3, 0.4) is 0 Å². The normalized spacial score (nSPS) is 16.8. The SMILES string of the molecule is COc1ccc(N2C[C@@H](C(=O)Oc3ccc(C)c(C)c3)CC2=O)cc1. The zero-order valence-electron chi connectivity index (χ0n) is 14.6. The van der Waals surface area contributed by atoms with E-state index in [1.165, 1.54) is 0 Å². The van der Waals surface area contributed by atoms with Crippen LogP contribution in [0.2, 0.25) is 0 Å². The predicted octanol–water partition coefficient (Wildman–Crippen LogP) is 3.27. The molecule has 0 unspecified atom stereocenters. The molecule has 0 bridgehead atoms. The van der Waals surface area contributed by atoms with Crippen LogP contribution in [0.4, 0.5) is 5.69 Å². The average Bonchev–Trinajstić information content (AvgIpc) is 3.00. The highest BCUT2D eigenvalue weighted by molar-refractivity contribution is 5.99. The monoisotopic (exact) mass is 339 g/mol. The molecule has 1 amide bonds. The summed E-state index contributed by atoms with van der Waals surface area (Å²) in [6.45, 7) is 4.30. The van der Waals surface area contributed by atoms with Gasteiger partial charge in [-0.2, -0.15) is 0 Å². The number of rotatable bonds is 4. The molecular formula is C20H21NO4. The first-order chi connectivity index (χ1) is 12.0. The lowest BCUT2D eigenvalue weighted by molar-refractivity contribution is -0.139. The molecule has 2 aromatic carbocycles. The standard InChI is InChI=1S/C20H21NO4/c1-13-4-7-18(10-14(13)2)25-20(23)15-11-19(22)21(12-15)16-5-8-17(24-3)9-6-16/h4-10,15H,11-12H2,1-3H3/t15-/m0/s1. The molecule has 1 heterocycles. The van der Waals surface area contributed by atoms with Crippen molar-refractivity contribution in [2.24, 2.45) is 5.92 Å². The van der Waals surface area contributed by atoms with E-state index < -0.39 is 5.92 Å².